The molecule has 0 fully saturated rings. The van der Waals surface area contributed by atoms with Gasteiger partial charge in [0.25, 0.3) is 0 Å². The van der Waals surface area contributed by atoms with Crippen molar-refractivity contribution in [1.82, 2.24) is 5.06 Å². The van der Waals surface area contributed by atoms with Crippen LogP contribution in [0.3, 0.4) is 0 Å². The third-order valence-corrected chi connectivity index (χ3v) is 0.775. The predicted octanol–water partition coefficient (Wildman–Crippen LogP) is -1.47. The fourth-order valence-electron chi connectivity index (χ4n) is 0.289. The standard InChI is InChI=1S/C4H9NO4/c1-2-5(9)3(6)4(7)8/h4,7-9H,2H2,1H3. The van der Waals surface area contributed by atoms with Crippen LogP contribution in [0.15, 0.2) is 0 Å². The molecule has 0 radical (unpaired) electrons. The zero-order chi connectivity index (χ0) is 7.44. The Morgan fingerprint density at radius 3 is 2.22 bits per heavy atom. The summed E-state index contributed by atoms with van der Waals surface area (Å²) in [5.41, 5.74) is 0. The molecule has 0 saturated heterocycles. The fourth-order valence-corrected chi connectivity index (χ4v) is 0.289. The monoisotopic (exact) mass is 135 g/mol. The Kier molecular flexibility index (Phi) is 3.15. The summed E-state index contributed by atoms with van der Waals surface area (Å²) in [7, 11) is 0. The molecule has 9 heavy (non-hydrogen) atoms. The van der Waals surface area contributed by atoms with Gasteiger partial charge in [-0.2, -0.15) is 0 Å². The zero-order valence-corrected chi connectivity index (χ0v) is 4.98. The minimum absolute atomic E-state index is 0.0381. The quantitative estimate of drug-likeness (QED) is 0.245. The van der Waals surface area contributed by atoms with Crippen molar-refractivity contribution in [1.29, 1.82) is 0 Å². The van der Waals surface area contributed by atoms with Crippen LogP contribution in [-0.4, -0.2) is 39.2 Å². The molecule has 0 rings (SSSR count). The van der Waals surface area contributed by atoms with Crippen molar-refractivity contribution in [3.63, 3.8) is 0 Å². The lowest BCUT2D eigenvalue weighted by atomic mass is 10.5. The Labute approximate surface area is 52.1 Å². The first-order chi connectivity index (χ1) is 4.09. The summed E-state index contributed by atoms with van der Waals surface area (Å²) in [6.45, 7) is 1.54. The van der Waals surface area contributed by atoms with E-state index < -0.39 is 12.2 Å². The lowest BCUT2D eigenvalue weighted by Crippen LogP contribution is -2.36. The average molecular weight is 135 g/mol. The molecule has 0 aromatic carbocycles. The maximum absolute atomic E-state index is 10.2. The predicted molar refractivity (Wildman–Crippen MR) is 27.4 cm³/mol. The smallest absolute Gasteiger partial charge is 0.302 e. The normalized spacial score (nSPS) is 9.89. The second-order valence-electron chi connectivity index (χ2n) is 1.43. The second kappa shape index (κ2) is 3.39. The van der Waals surface area contributed by atoms with Crippen LogP contribution < -0.4 is 0 Å². The number of nitrogens with zero attached hydrogens (tertiary/aromatic N) is 1. The molecule has 1 amide bonds. The third-order valence-electron chi connectivity index (χ3n) is 0.775. The fraction of sp³-hybridized carbons (Fsp3) is 0.750. The first kappa shape index (κ1) is 8.35. The van der Waals surface area contributed by atoms with Crippen LogP contribution in [0.4, 0.5) is 0 Å². The Hall–Kier alpha value is -0.650. The molecule has 0 aliphatic carbocycles. The Balaban J connectivity index is 3.73. The molecule has 5 nitrogen and oxygen atoms in total. The molecule has 0 spiro atoms. The number of likely N-dealkylation sites (N-methyl/N-ethyl adjacent to an activating group) is 1. The van der Waals surface area contributed by atoms with Gasteiger partial charge in [-0.1, -0.05) is 0 Å². The summed E-state index contributed by atoms with van der Waals surface area (Å²) >= 11 is 0. The first-order valence-corrected chi connectivity index (χ1v) is 2.46. The summed E-state index contributed by atoms with van der Waals surface area (Å²) in [5, 5.41) is 24.9. The van der Waals surface area contributed by atoms with Gasteiger partial charge in [-0.3, -0.25) is 10.0 Å². The Morgan fingerprint density at radius 2 is 2.11 bits per heavy atom. The van der Waals surface area contributed by atoms with Gasteiger partial charge in [-0.05, 0) is 6.92 Å². The lowest BCUT2D eigenvalue weighted by Gasteiger charge is -2.12. The molecule has 0 aromatic heterocycles. The van der Waals surface area contributed by atoms with E-state index in [1.807, 2.05) is 0 Å². The second-order valence-corrected chi connectivity index (χ2v) is 1.43. The van der Waals surface area contributed by atoms with Gasteiger partial charge < -0.3 is 10.2 Å². The summed E-state index contributed by atoms with van der Waals surface area (Å²) in [6, 6.07) is 0. The molecule has 0 unspecified atom stereocenters. The van der Waals surface area contributed by atoms with Gasteiger partial charge in [-0.25, -0.2) is 5.06 Å². The summed E-state index contributed by atoms with van der Waals surface area (Å²) < 4.78 is 0. The van der Waals surface area contributed by atoms with Crippen molar-refractivity contribution >= 4 is 5.91 Å². The van der Waals surface area contributed by atoms with E-state index in [1.165, 1.54) is 6.92 Å². The molecule has 3 N–H and O–H groups in total. The van der Waals surface area contributed by atoms with E-state index in [9.17, 15) is 4.79 Å². The third kappa shape index (κ3) is 2.41. The lowest BCUT2D eigenvalue weighted by molar-refractivity contribution is -0.191. The van der Waals surface area contributed by atoms with E-state index >= 15 is 0 Å². The Morgan fingerprint density at radius 1 is 1.67 bits per heavy atom. The van der Waals surface area contributed by atoms with Crippen molar-refractivity contribution < 1.29 is 20.2 Å². The average Bonchev–Trinajstić information content (AvgIpc) is 1.84. The largest absolute Gasteiger partial charge is 0.361 e. The van der Waals surface area contributed by atoms with Crippen LogP contribution in [0.25, 0.3) is 0 Å². The minimum atomic E-state index is -2.12. The van der Waals surface area contributed by atoms with Crippen molar-refractivity contribution in [3.8, 4) is 0 Å². The van der Waals surface area contributed by atoms with Gasteiger partial charge in [0.2, 0.25) is 6.29 Å². The SMILES string of the molecule is CCN(O)C(=O)C(O)O. The van der Waals surface area contributed by atoms with Gasteiger partial charge in [0.15, 0.2) is 0 Å². The summed E-state index contributed by atoms with van der Waals surface area (Å²) in [5.74, 6) is -1.11. The molecule has 0 bridgehead atoms. The number of hydrogen-bond donors (Lipinski definition) is 3. The highest BCUT2D eigenvalue weighted by Crippen LogP contribution is 1.85. The number of carbonyl (C=O) groups excluding carboxylic acids is 1. The van der Waals surface area contributed by atoms with Gasteiger partial charge in [-0.15, -0.1) is 0 Å². The van der Waals surface area contributed by atoms with E-state index in [0.29, 0.717) is 0 Å². The van der Waals surface area contributed by atoms with Crippen LogP contribution >= 0.6 is 0 Å². The molecule has 0 aliphatic rings. The van der Waals surface area contributed by atoms with Crippen molar-refractivity contribution in [2.45, 2.75) is 13.2 Å². The molecule has 5 heteroatoms. The molecule has 0 aliphatic heterocycles. The number of aliphatic hydroxyl groups excluding tert-OH is 1. The van der Waals surface area contributed by atoms with Crippen LogP contribution in [0.2, 0.25) is 0 Å². The molecule has 0 heterocycles. The van der Waals surface area contributed by atoms with Gasteiger partial charge in [0, 0.05) is 6.54 Å². The molecule has 0 atom stereocenters. The first-order valence-electron chi connectivity index (χ1n) is 2.46. The van der Waals surface area contributed by atoms with Gasteiger partial charge in [0.05, 0.1) is 0 Å². The topological polar surface area (TPSA) is 81.0 Å². The van der Waals surface area contributed by atoms with E-state index in [4.69, 9.17) is 15.4 Å². The highest BCUT2D eigenvalue weighted by Gasteiger charge is 2.15. The van der Waals surface area contributed by atoms with E-state index in [2.05, 4.69) is 0 Å². The number of hydrogen-bond acceptors (Lipinski definition) is 4. The number of rotatable bonds is 2. The van der Waals surface area contributed by atoms with Gasteiger partial charge in [0.1, 0.15) is 0 Å². The number of carbonyl (C=O) groups is 1. The number of hydroxylamine groups is 2. The van der Waals surface area contributed by atoms with Crippen LogP contribution in [0.5, 0.6) is 0 Å². The maximum Gasteiger partial charge on any atom is 0.302 e. The molecule has 0 saturated carbocycles. The van der Waals surface area contributed by atoms with Crippen molar-refractivity contribution in [3.05, 3.63) is 0 Å². The van der Waals surface area contributed by atoms with E-state index in [0.717, 1.165) is 0 Å². The van der Waals surface area contributed by atoms with E-state index in [1.54, 1.807) is 0 Å². The molecular weight excluding hydrogens is 126 g/mol. The van der Waals surface area contributed by atoms with Crippen LogP contribution in [0, 0.1) is 0 Å². The van der Waals surface area contributed by atoms with Crippen molar-refractivity contribution in [2.75, 3.05) is 6.54 Å². The minimum Gasteiger partial charge on any atom is -0.361 e. The van der Waals surface area contributed by atoms with Crippen LogP contribution in [0.1, 0.15) is 6.92 Å². The highest BCUT2D eigenvalue weighted by atomic mass is 16.5. The number of aliphatic hydroxyl groups is 2. The van der Waals surface area contributed by atoms with Gasteiger partial charge >= 0.3 is 5.91 Å². The van der Waals surface area contributed by atoms with Crippen LogP contribution in [-0.2, 0) is 4.79 Å². The highest BCUT2D eigenvalue weighted by molar-refractivity contribution is 5.77. The summed E-state index contributed by atoms with van der Waals surface area (Å²) in [4.78, 5) is 10.2. The number of amides is 1. The molecule has 54 valence electrons. The van der Waals surface area contributed by atoms with Crippen molar-refractivity contribution in [2.24, 2.45) is 0 Å². The Bertz CT molecular complexity index is 103. The summed E-state index contributed by atoms with van der Waals surface area (Å²) in [6.07, 6.45) is -2.12. The molecular formula is C4H9NO4. The maximum atomic E-state index is 10.2. The van der Waals surface area contributed by atoms with E-state index in [-0.39, 0.29) is 11.6 Å². The zero-order valence-electron chi connectivity index (χ0n) is 4.98. The molecule has 0 aromatic rings.